The normalized spacial score (nSPS) is 10.5. The van der Waals surface area contributed by atoms with Crippen LogP contribution in [-0.4, -0.2) is 18.0 Å². The summed E-state index contributed by atoms with van der Waals surface area (Å²) >= 11 is 0. The highest BCUT2D eigenvalue weighted by atomic mass is 19.1. The van der Waals surface area contributed by atoms with E-state index < -0.39 is 0 Å². The van der Waals surface area contributed by atoms with Crippen LogP contribution in [-0.2, 0) is 11.2 Å². The topological polar surface area (TPSA) is 51.2 Å². The molecule has 116 valence electrons. The van der Waals surface area contributed by atoms with Crippen molar-refractivity contribution >= 4 is 22.5 Å². The molecule has 3 rings (SSSR count). The molecule has 0 bridgehead atoms. The second-order valence-corrected chi connectivity index (χ2v) is 5.10. The summed E-state index contributed by atoms with van der Waals surface area (Å²) < 4.78 is 18.4. The van der Waals surface area contributed by atoms with Crippen molar-refractivity contribution in [3.8, 4) is 5.75 Å². The standard InChI is InChI=1S/C18H15FN2O2/c1-23-15-10-13-5-3-7-20-18(13)16(11-15)21-17(22)9-12-4-2-6-14(19)8-12/h2-8,10-11H,9H2,1H3,(H,21,22). The molecule has 0 atom stereocenters. The van der Waals surface area contributed by atoms with E-state index in [1.165, 1.54) is 12.1 Å². The lowest BCUT2D eigenvalue weighted by molar-refractivity contribution is -0.115. The molecule has 4 nitrogen and oxygen atoms in total. The highest BCUT2D eigenvalue weighted by molar-refractivity contribution is 6.01. The van der Waals surface area contributed by atoms with E-state index in [0.717, 1.165) is 5.39 Å². The van der Waals surface area contributed by atoms with Crippen molar-refractivity contribution in [1.29, 1.82) is 0 Å². The van der Waals surface area contributed by atoms with Crippen molar-refractivity contribution in [3.05, 3.63) is 66.1 Å². The van der Waals surface area contributed by atoms with Crippen LogP contribution in [0.2, 0.25) is 0 Å². The first-order valence-electron chi connectivity index (χ1n) is 7.13. The summed E-state index contributed by atoms with van der Waals surface area (Å²) in [5.74, 6) is 0.0335. The Bertz CT molecular complexity index is 865. The Labute approximate surface area is 132 Å². The van der Waals surface area contributed by atoms with Crippen LogP contribution in [0.1, 0.15) is 5.56 Å². The van der Waals surface area contributed by atoms with Crippen LogP contribution in [0.4, 0.5) is 10.1 Å². The Kier molecular flexibility index (Phi) is 4.19. The summed E-state index contributed by atoms with van der Waals surface area (Å²) in [5, 5.41) is 3.69. The zero-order valence-corrected chi connectivity index (χ0v) is 12.5. The minimum atomic E-state index is -0.358. The van der Waals surface area contributed by atoms with Crippen LogP contribution >= 0.6 is 0 Å². The molecule has 1 aromatic heterocycles. The SMILES string of the molecule is COc1cc(NC(=O)Cc2cccc(F)c2)c2ncccc2c1. The lowest BCUT2D eigenvalue weighted by Gasteiger charge is -2.10. The number of hydrogen-bond acceptors (Lipinski definition) is 3. The van der Waals surface area contributed by atoms with Gasteiger partial charge in [-0.1, -0.05) is 18.2 Å². The van der Waals surface area contributed by atoms with E-state index in [-0.39, 0.29) is 18.1 Å². The van der Waals surface area contributed by atoms with Gasteiger partial charge in [0.1, 0.15) is 11.6 Å². The Morgan fingerprint density at radius 3 is 2.87 bits per heavy atom. The average molecular weight is 310 g/mol. The highest BCUT2D eigenvalue weighted by Crippen LogP contribution is 2.27. The fourth-order valence-corrected chi connectivity index (χ4v) is 2.40. The smallest absolute Gasteiger partial charge is 0.228 e. The maximum Gasteiger partial charge on any atom is 0.228 e. The van der Waals surface area contributed by atoms with E-state index in [2.05, 4.69) is 10.3 Å². The Hall–Kier alpha value is -2.95. The van der Waals surface area contributed by atoms with Crippen molar-refractivity contribution < 1.29 is 13.9 Å². The van der Waals surface area contributed by atoms with Crippen LogP contribution in [0.3, 0.4) is 0 Å². The molecule has 1 N–H and O–H groups in total. The van der Waals surface area contributed by atoms with Gasteiger partial charge in [-0.15, -0.1) is 0 Å². The predicted molar refractivity (Wildman–Crippen MR) is 87.0 cm³/mol. The van der Waals surface area contributed by atoms with Gasteiger partial charge in [0.25, 0.3) is 0 Å². The van der Waals surface area contributed by atoms with Crippen molar-refractivity contribution in [2.45, 2.75) is 6.42 Å². The zero-order chi connectivity index (χ0) is 16.2. The molecule has 0 radical (unpaired) electrons. The number of fused-ring (bicyclic) bond motifs is 1. The van der Waals surface area contributed by atoms with E-state index in [4.69, 9.17) is 4.74 Å². The molecule has 3 aromatic rings. The second-order valence-electron chi connectivity index (χ2n) is 5.10. The van der Waals surface area contributed by atoms with Crippen molar-refractivity contribution in [1.82, 2.24) is 4.98 Å². The molecule has 0 spiro atoms. The monoisotopic (exact) mass is 310 g/mol. The molecule has 0 aliphatic heterocycles. The summed E-state index contributed by atoms with van der Waals surface area (Å²) in [7, 11) is 1.57. The van der Waals surface area contributed by atoms with Crippen LogP contribution in [0.25, 0.3) is 10.9 Å². The number of methoxy groups -OCH3 is 1. The number of carbonyl (C=O) groups is 1. The maximum absolute atomic E-state index is 13.2. The van der Waals surface area contributed by atoms with Crippen LogP contribution in [0, 0.1) is 5.82 Å². The number of halogens is 1. The molecule has 1 amide bonds. The molecule has 23 heavy (non-hydrogen) atoms. The van der Waals surface area contributed by atoms with Gasteiger partial charge >= 0.3 is 0 Å². The number of hydrogen-bond donors (Lipinski definition) is 1. The van der Waals surface area contributed by atoms with Crippen molar-refractivity contribution in [2.75, 3.05) is 12.4 Å². The molecule has 0 fully saturated rings. The van der Waals surface area contributed by atoms with Gasteiger partial charge in [-0.3, -0.25) is 9.78 Å². The first kappa shape index (κ1) is 15.0. The lowest BCUT2D eigenvalue weighted by Crippen LogP contribution is -2.15. The van der Waals surface area contributed by atoms with Gasteiger partial charge in [0.05, 0.1) is 24.7 Å². The van der Waals surface area contributed by atoms with Gasteiger partial charge in [-0.2, -0.15) is 0 Å². The maximum atomic E-state index is 13.2. The number of amides is 1. The molecule has 0 saturated heterocycles. The van der Waals surface area contributed by atoms with Gasteiger partial charge in [0.15, 0.2) is 0 Å². The first-order valence-corrected chi connectivity index (χ1v) is 7.13. The van der Waals surface area contributed by atoms with Crippen molar-refractivity contribution in [3.63, 3.8) is 0 Å². The van der Waals surface area contributed by atoms with Crippen LogP contribution in [0.5, 0.6) is 5.75 Å². The average Bonchev–Trinajstić information content (AvgIpc) is 2.54. The van der Waals surface area contributed by atoms with Gasteiger partial charge in [0.2, 0.25) is 5.91 Å². The number of anilines is 1. The number of nitrogens with one attached hydrogen (secondary N) is 1. The number of aromatic nitrogens is 1. The van der Waals surface area contributed by atoms with E-state index in [1.807, 2.05) is 18.2 Å². The molecule has 0 aliphatic carbocycles. The van der Waals surface area contributed by atoms with Gasteiger partial charge in [0, 0.05) is 17.6 Å². The second kappa shape index (κ2) is 6.44. The Morgan fingerprint density at radius 2 is 2.09 bits per heavy atom. The third-order valence-electron chi connectivity index (χ3n) is 3.44. The molecule has 1 heterocycles. The third-order valence-corrected chi connectivity index (χ3v) is 3.44. The molecule has 2 aromatic carbocycles. The Balaban J connectivity index is 1.87. The minimum absolute atomic E-state index is 0.0866. The summed E-state index contributed by atoms with van der Waals surface area (Å²) in [5.41, 5.74) is 1.87. The summed E-state index contributed by atoms with van der Waals surface area (Å²) in [6, 6.07) is 13.3. The number of rotatable bonds is 4. The molecule has 0 aliphatic rings. The lowest BCUT2D eigenvalue weighted by atomic mass is 10.1. The van der Waals surface area contributed by atoms with E-state index in [0.29, 0.717) is 22.5 Å². The van der Waals surface area contributed by atoms with Gasteiger partial charge in [-0.05, 0) is 29.8 Å². The first-order chi connectivity index (χ1) is 11.2. The number of carbonyl (C=O) groups excluding carboxylic acids is 1. The molecular formula is C18H15FN2O2. The number of ether oxygens (including phenoxy) is 1. The van der Waals surface area contributed by atoms with Gasteiger partial charge < -0.3 is 10.1 Å². The van der Waals surface area contributed by atoms with Gasteiger partial charge in [-0.25, -0.2) is 4.39 Å². The summed E-state index contributed by atoms with van der Waals surface area (Å²) in [6.45, 7) is 0. The molecule has 0 unspecified atom stereocenters. The van der Waals surface area contributed by atoms with E-state index >= 15 is 0 Å². The van der Waals surface area contributed by atoms with Crippen LogP contribution in [0.15, 0.2) is 54.7 Å². The van der Waals surface area contributed by atoms with E-state index in [1.54, 1.807) is 31.5 Å². The van der Waals surface area contributed by atoms with Crippen molar-refractivity contribution in [2.24, 2.45) is 0 Å². The minimum Gasteiger partial charge on any atom is -0.497 e. The summed E-state index contributed by atoms with van der Waals surface area (Å²) in [4.78, 5) is 16.5. The van der Waals surface area contributed by atoms with Crippen LogP contribution < -0.4 is 10.1 Å². The fraction of sp³-hybridized carbons (Fsp3) is 0.111. The number of benzene rings is 2. The fourth-order valence-electron chi connectivity index (χ4n) is 2.40. The molecular weight excluding hydrogens is 295 g/mol. The molecule has 5 heteroatoms. The quantitative estimate of drug-likeness (QED) is 0.801. The van der Waals surface area contributed by atoms with E-state index in [9.17, 15) is 9.18 Å². The number of pyridine rings is 1. The largest absolute Gasteiger partial charge is 0.497 e. The zero-order valence-electron chi connectivity index (χ0n) is 12.5. The Morgan fingerprint density at radius 1 is 1.22 bits per heavy atom. The highest BCUT2D eigenvalue weighted by Gasteiger charge is 2.10. The summed E-state index contributed by atoms with van der Waals surface area (Å²) in [6.07, 6.45) is 1.75. The third kappa shape index (κ3) is 3.45. The molecule has 0 saturated carbocycles. The predicted octanol–water partition coefficient (Wildman–Crippen LogP) is 3.56. The number of nitrogens with zero attached hydrogens (tertiary/aromatic N) is 1.